The van der Waals surface area contributed by atoms with Crippen LogP contribution in [0.3, 0.4) is 0 Å². The number of hydrogen-bond donors (Lipinski definition) is 1. The van der Waals surface area contributed by atoms with Gasteiger partial charge in [0.05, 0.1) is 12.2 Å². The second-order valence-electron chi connectivity index (χ2n) is 6.76. The lowest BCUT2D eigenvalue weighted by Gasteiger charge is -2.22. The second-order valence-corrected chi connectivity index (χ2v) is 8.04. The third kappa shape index (κ3) is 7.49. The van der Waals surface area contributed by atoms with Crippen LogP contribution < -0.4 is 15.0 Å². The Bertz CT molecular complexity index is 764. The molecule has 0 spiro atoms. The summed E-state index contributed by atoms with van der Waals surface area (Å²) in [7, 11) is 3.81. The van der Waals surface area contributed by atoms with E-state index < -0.39 is 0 Å². The lowest BCUT2D eigenvalue weighted by Crippen LogP contribution is -2.41. The van der Waals surface area contributed by atoms with Crippen LogP contribution in [0.4, 0.5) is 5.13 Å². The quantitative estimate of drug-likeness (QED) is 0.305. The van der Waals surface area contributed by atoms with E-state index >= 15 is 0 Å². The lowest BCUT2D eigenvalue weighted by atomic mass is 10.3. The van der Waals surface area contributed by atoms with Crippen molar-refractivity contribution in [3.8, 4) is 5.75 Å². The van der Waals surface area contributed by atoms with E-state index in [-0.39, 0.29) is 24.0 Å². The van der Waals surface area contributed by atoms with E-state index in [4.69, 9.17) is 21.3 Å². The molecular weight excluding hydrogens is 521 g/mol. The number of likely N-dealkylation sites (N-methyl/N-ethyl adjacent to an activating group) is 1. The maximum absolute atomic E-state index is 5.89. The lowest BCUT2D eigenvalue weighted by molar-refractivity contribution is 0.281. The van der Waals surface area contributed by atoms with Gasteiger partial charge in [0.15, 0.2) is 11.1 Å². The van der Waals surface area contributed by atoms with Gasteiger partial charge >= 0.3 is 0 Å². The number of rotatable bonds is 8. The predicted molar refractivity (Wildman–Crippen MR) is 134 cm³/mol. The second kappa shape index (κ2) is 12.4. The largest absolute Gasteiger partial charge is 0.492 e. The molecule has 1 aliphatic rings. The number of aromatic nitrogens is 1. The first kappa shape index (κ1) is 24.0. The minimum atomic E-state index is 0. The summed E-state index contributed by atoms with van der Waals surface area (Å²) in [6.45, 7) is 4.39. The highest BCUT2D eigenvalue weighted by Gasteiger charge is 2.15. The van der Waals surface area contributed by atoms with Gasteiger partial charge in [-0.05, 0) is 37.1 Å². The molecule has 6 nitrogen and oxygen atoms in total. The summed E-state index contributed by atoms with van der Waals surface area (Å²) in [5.74, 6) is 1.67. The molecule has 1 saturated heterocycles. The zero-order valence-corrected chi connectivity index (χ0v) is 20.8. The van der Waals surface area contributed by atoms with Crippen molar-refractivity contribution in [2.45, 2.75) is 19.3 Å². The number of nitrogens with zero attached hydrogens (tertiary/aromatic N) is 4. The Morgan fingerprint density at radius 3 is 2.72 bits per heavy atom. The number of nitrogens with one attached hydrogen (secondary N) is 1. The molecule has 1 aromatic carbocycles. The molecule has 9 heteroatoms. The molecule has 2 aromatic rings. The summed E-state index contributed by atoms with van der Waals surface area (Å²) in [5.41, 5.74) is 1.14. The van der Waals surface area contributed by atoms with E-state index in [2.05, 4.69) is 25.5 Å². The zero-order chi connectivity index (χ0) is 19.8. The van der Waals surface area contributed by atoms with Gasteiger partial charge in [0.2, 0.25) is 0 Å². The van der Waals surface area contributed by atoms with Crippen molar-refractivity contribution >= 4 is 58.0 Å². The number of hydrogen-bond acceptors (Lipinski definition) is 5. The monoisotopic (exact) mass is 549 g/mol. The molecule has 0 saturated carbocycles. The first-order chi connectivity index (χ1) is 13.7. The average Bonchev–Trinajstić information content (AvgIpc) is 3.38. The van der Waals surface area contributed by atoms with Gasteiger partial charge in [-0.1, -0.05) is 11.6 Å². The van der Waals surface area contributed by atoms with E-state index in [1.54, 1.807) is 18.4 Å². The number of aliphatic imine (C=N–C) groups is 1. The summed E-state index contributed by atoms with van der Waals surface area (Å²) in [6, 6.07) is 7.41. The van der Waals surface area contributed by atoms with Crippen molar-refractivity contribution in [3.05, 3.63) is 40.4 Å². The van der Waals surface area contributed by atoms with Crippen molar-refractivity contribution < 1.29 is 4.74 Å². The first-order valence-corrected chi connectivity index (χ1v) is 10.9. The fourth-order valence-electron chi connectivity index (χ4n) is 3.09. The predicted octanol–water partition coefficient (Wildman–Crippen LogP) is 4.14. The van der Waals surface area contributed by atoms with Crippen molar-refractivity contribution in [1.29, 1.82) is 0 Å². The van der Waals surface area contributed by atoms with Gasteiger partial charge in [0.1, 0.15) is 12.4 Å². The first-order valence-electron chi connectivity index (χ1n) is 9.65. The molecule has 160 valence electrons. The fourth-order valence-corrected chi connectivity index (χ4v) is 4.13. The molecule has 1 aromatic heterocycles. The summed E-state index contributed by atoms with van der Waals surface area (Å²) >= 11 is 7.64. The molecule has 1 aliphatic heterocycles. The molecular formula is C20H29ClIN5OS. The van der Waals surface area contributed by atoms with Gasteiger partial charge < -0.3 is 19.9 Å². The highest BCUT2D eigenvalue weighted by molar-refractivity contribution is 14.0. The smallest absolute Gasteiger partial charge is 0.193 e. The molecule has 0 aliphatic carbocycles. The maximum Gasteiger partial charge on any atom is 0.193 e. The van der Waals surface area contributed by atoms with Gasteiger partial charge in [0, 0.05) is 50.6 Å². The Morgan fingerprint density at radius 2 is 2.03 bits per heavy atom. The molecule has 2 heterocycles. The van der Waals surface area contributed by atoms with Crippen LogP contribution in [0.2, 0.25) is 5.02 Å². The van der Waals surface area contributed by atoms with E-state index in [0.717, 1.165) is 55.1 Å². The van der Waals surface area contributed by atoms with Gasteiger partial charge in [-0.25, -0.2) is 4.98 Å². The van der Waals surface area contributed by atoms with E-state index in [1.807, 2.05) is 31.3 Å². The minimum Gasteiger partial charge on any atom is -0.492 e. The Kier molecular flexibility index (Phi) is 10.3. The van der Waals surface area contributed by atoms with E-state index in [0.29, 0.717) is 11.6 Å². The van der Waals surface area contributed by atoms with Crippen LogP contribution in [0.25, 0.3) is 0 Å². The van der Waals surface area contributed by atoms with E-state index in [1.165, 1.54) is 12.8 Å². The van der Waals surface area contributed by atoms with Crippen LogP contribution >= 0.6 is 46.9 Å². The van der Waals surface area contributed by atoms with Crippen molar-refractivity contribution in [3.63, 3.8) is 0 Å². The van der Waals surface area contributed by atoms with Crippen LogP contribution in [0, 0.1) is 0 Å². The van der Waals surface area contributed by atoms with Gasteiger partial charge in [-0.2, -0.15) is 0 Å². The van der Waals surface area contributed by atoms with Gasteiger partial charge in [0.25, 0.3) is 0 Å². The van der Waals surface area contributed by atoms with Crippen LogP contribution in [0.1, 0.15) is 18.5 Å². The van der Waals surface area contributed by atoms with Gasteiger partial charge in [-0.3, -0.25) is 4.99 Å². The average molecular weight is 550 g/mol. The molecule has 0 bridgehead atoms. The Balaban J connectivity index is 0.00000300. The summed E-state index contributed by atoms with van der Waals surface area (Å²) in [6.07, 6.45) is 3.44. The minimum absolute atomic E-state index is 0. The van der Waals surface area contributed by atoms with Crippen molar-refractivity contribution in [1.82, 2.24) is 15.2 Å². The third-order valence-corrected chi connectivity index (χ3v) is 5.87. The molecule has 0 atom stereocenters. The molecule has 1 fully saturated rings. The highest BCUT2D eigenvalue weighted by atomic mass is 127. The molecule has 0 unspecified atom stereocenters. The molecule has 1 N–H and O–H groups in total. The Hall–Kier alpha value is -1.26. The molecule has 29 heavy (non-hydrogen) atoms. The third-order valence-electron chi connectivity index (χ3n) is 4.66. The number of anilines is 1. The number of benzene rings is 1. The number of thiazole rings is 1. The van der Waals surface area contributed by atoms with Gasteiger partial charge in [-0.15, -0.1) is 35.3 Å². The number of guanidine groups is 1. The normalized spacial score (nSPS) is 13.9. The maximum atomic E-state index is 5.89. The van der Waals surface area contributed by atoms with Crippen LogP contribution in [-0.2, 0) is 6.42 Å². The van der Waals surface area contributed by atoms with Crippen LogP contribution in [0.15, 0.2) is 34.6 Å². The summed E-state index contributed by atoms with van der Waals surface area (Å²) in [4.78, 5) is 13.6. The molecule has 0 amide bonds. The molecule has 3 rings (SSSR count). The SMILES string of the molecule is CN=C(NCCc1csc(N2CCCC2)n1)N(C)CCOc1ccc(Cl)cc1.I. The summed E-state index contributed by atoms with van der Waals surface area (Å²) < 4.78 is 5.76. The standard InChI is InChI=1S/C20H28ClN5OS.HI/c1-22-19(25(2)13-14-27-18-7-5-16(21)6-8-18)23-10-9-17-15-28-20(24-17)26-11-3-4-12-26;/h5-8,15H,3-4,9-14H2,1-2H3,(H,22,23);1H. The topological polar surface area (TPSA) is 53.0 Å². The summed E-state index contributed by atoms with van der Waals surface area (Å²) in [5, 5.41) is 7.45. The zero-order valence-electron chi connectivity index (χ0n) is 16.9. The van der Waals surface area contributed by atoms with E-state index in [9.17, 15) is 0 Å². The van der Waals surface area contributed by atoms with Crippen molar-refractivity contribution in [2.75, 3.05) is 51.8 Å². The highest BCUT2D eigenvalue weighted by Crippen LogP contribution is 2.24. The van der Waals surface area contributed by atoms with Crippen LogP contribution in [0.5, 0.6) is 5.75 Å². The number of ether oxygens (including phenoxy) is 1. The van der Waals surface area contributed by atoms with Crippen LogP contribution in [-0.4, -0.2) is 62.7 Å². The number of halogens is 2. The Labute approximate surface area is 199 Å². The molecule has 0 radical (unpaired) electrons. The fraction of sp³-hybridized carbons (Fsp3) is 0.500. The Morgan fingerprint density at radius 1 is 1.31 bits per heavy atom. The van der Waals surface area contributed by atoms with Crippen molar-refractivity contribution in [2.24, 2.45) is 4.99 Å².